The Morgan fingerprint density at radius 3 is 2.80 bits per heavy atom. The van der Waals surface area contributed by atoms with Crippen molar-refractivity contribution in [3.05, 3.63) is 0 Å². The summed E-state index contributed by atoms with van der Waals surface area (Å²) in [5.74, 6) is 0. The highest BCUT2D eigenvalue weighted by Gasteiger charge is 2.38. The van der Waals surface area contributed by atoms with Gasteiger partial charge in [0.25, 0.3) is 0 Å². The Morgan fingerprint density at radius 1 is 1.40 bits per heavy atom. The van der Waals surface area contributed by atoms with Crippen molar-refractivity contribution < 1.29 is 9.47 Å². The highest BCUT2D eigenvalue weighted by Crippen LogP contribution is 2.38. The molecule has 0 aromatic heterocycles. The summed E-state index contributed by atoms with van der Waals surface area (Å²) in [6, 6.07) is 0. The van der Waals surface area contributed by atoms with Gasteiger partial charge in [-0.05, 0) is 52.1 Å². The molecular weight excluding hydrogens is 190 g/mol. The maximum atomic E-state index is 6.09. The van der Waals surface area contributed by atoms with Gasteiger partial charge in [-0.25, -0.2) is 0 Å². The van der Waals surface area contributed by atoms with E-state index in [4.69, 9.17) is 9.47 Å². The van der Waals surface area contributed by atoms with E-state index in [0.29, 0.717) is 6.10 Å². The molecule has 2 fully saturated rings. The predicted octanol–water partition coefficient (Wildman–Crippen LogP) is 1.71. The summed E-state index contributed by atoms with van der Waals surface area (Å²) in [6.07, 6.45) is 7.71. The van der Waals surface area contributed by atoms with Crippen LogP contribution in [-0.2, 0) is 9.47 Å². The topological polar surface area (TPSA) is 30.5 Å². The van der Waals surface area contributed by atoms with Crippen LogP contribution in [0.1, 0.15) is 38.5 Å². The number of rotatable bonds is 6. The average Bonchev–Trinajstić information content (AvgIpc) is 2.68. The molecule has 1 saturated carbocycles. The van der Waals surface area contributed by atoms with Crippen LogP contribution in [0.2, 0.25) is 0 Å². The molecule has 1 saturated heterocycles. The summed E-state index contributed by atoms with van der Waals surface area (Å²) in [5, 5.41) is 3.21. The van der Waals surface area contributed by atoms with Gasteiger partial charge in [0.2, 0.25) is 0 Å². The van der Waals surface area contributed by atoms with Crippen molar-refractivity contribution in [2.24, 2.45) is 0 Å². The molecule has 1 N–H and O–H groups in total. The van der Waals surface area contributed by atoms with Crippen molar-refractivity contribution in [1.82, 2.24) is 5.32 Å². The summed E-state index contributed by atoms with van der Waals surface area (Å²) in [7, 11) is 2.01. The predicted molar refractivity (Wildman–Crippen MR) is 60.1 cm³/mol. The molecule has 1 heterocycles. The Hall–Kier alpha value is -0.120. The zero-order chi connectivity index (χ0) is 10.6. The number of ether oxygens (including phenoxy) is 2. The van der Waals surface area contributed by atoms with Gasteiger partial charge >= 0.3 is 0 Å². The van der Waals surface area contributed by atoms with Crippen LogP contribution >= 0.6 is 0 Å². The van der Waals surface area contributed by atoms with Crippen LogP contribution in [0.3, 0.4) is 0 Å². The minimum absolute atomic E-state index is 0.189. The smallest absolute Gasteiger partial charge is 0.0809 e. The quantitative estimate of drug-likeness (QED) is 0.728. The van der Waals surface area contributed by atoms with Crippen LogP contribution in [0, 0.1) is 0 Å². The third-order valence-electron chi connectivity index (χ3n) is 3.69. The van der Waals surface area contributed by atoms with Gasteiger partial charge in [0, 0.05) is 6.61 Å². The van der Waals surface area contributed by atoms with Crippen LogP contribution < -0.4 is 5.32 Å². The van der Waals surface area contributed by atoms with E-state index in [9.17, 15) is 0 Å². The first-order valence-electron chi connectivity index (χ1n) is 6.25. The zero-order valence-electron chi connectivity index (χ0n) is 9.76. The van der Waals surface area contributed by atoms with Crippen LogP contribution in [0.4, 0.5) is 0 Å². The molecule has 3 heteroatoms. The van der Waals surface area contributed by atoms with E-state index in [2.05, 4.69) is 5.32 Å². The molecule has 1 unspecified atom stereocenters. The highest BCUT2D eigenvalue weighted by molar-refractivity contribution is 4.90. The van der Waals surface area contributed by atoms with Crippen LogP contribution in [0.25, 0.3) is 0 Å². The molecule has 88 valence electrons. The summed E-state index contributed by atoms with van der Waals surface area (Å²) < 4.78 is 11.7. The molecule has 15 heavy (non-hydrogen) atoms. The van der Waals surface area contributed by atoms with E-state index in [0.717, 1.165) is 26.2 Å². The number of hydrogen-bond donors (Lipinski definition) is 1. The van der Waals surface area contributed by atoms with Gasteiger partial charge in [-0.3, -0.25) is 0 Å². The molecular formula is C12H23NO2. The van der Waals surface area contributed by atoms with Gasteiger partial charge in [0.05, 0.1) is 18.3 Å². The molecule has 0 bridgehead atoms. The number of nitrogens with one attached hydrogen (secondary N) is 1. The Balaban J connectivity index is 1.69. The molecule has 0 radical (unpaired) electrons. The fourth-order valence-electron chi connectivity index (χ4n) is 2.44. The zero-order valence-corrected chi connectivity index (χ0v) is 9.76. The van der Waals surface area contributed by atoms with E-state index in [1.54, 1.807) is 0 Å². The Morgan fingerprint density at radius 2 is 2.27 bits per heavy atom. The first-order chi connectivity index (χ1) is 7.35. The molecule has 2 aliphatic rings. The van der Waals surface area contributed by atoms with E-state index >= 15 is 0 Å². The van der Waals surface area contributed by atoms with Crippen LogP contribution in [0.15, 0.2) is 0 Å². The normalized spacial score (nSPS) is 29.0. The van der Waals surface area contributed by atoms with Crippen molar-refractivity contribution in [1.29, 1.82) is 0 Å². The van der Waals surface area contributed by atoms with Crippen LogP contribution in [0.5, 0.6) is 0 Å². The summed E-state index contributed by atoms with van der Waals surface area (Å²) in [6.45, 7) is 2.80. The van der Waals surface area contributed by atoms with E-state index < -0.39 is 0 Å². The molecule has 3 nitrogen and oxygen atoms in total. The Kier molecular flexibility index (Phi) is 4.00. The maximum absolute atomic E-state index is 6.09. The molecule has 1 aliphatic heterocycles. The van der Waals surface area contributed by atoms with Crippen LogP contribution in [-0.4, -0.2) is 38.5 Å². The van der Waals surface area contributed by atoms with Crippen molar-refractivity contribution in [2.45, 2.75) is 50.2 Å². The standard InChI is InChI=1S/C12H23NO2/c1-13-8-7-12(5-3-6-12)15-10-11-4-2-9-14-11/h11,13H,2-10H2,1H3. The third-order valence-corrected chi connectivity index (χ3v) is 3.69. The number of hydrogen-bond acceptors (Lipinski definition) is 3. The van der Waals surface area contributed by atoms with E-state index in [1.807, 2.05) is 7.05 Å². The van der Waals surface area contributed by atoms with Gasteiger partial charge in [-0.15, -0.1) is 0 Å². The van der Waals surface area contributed by atoms with Crippen molar-refractivity contribution in [3.8, 4) is 0 Å². The lowest BCUT2D eigenvalue weighted by Gasteiger charge is -2.42. The van der Waals surface area contributed by atoms with Gasteiger partial charge in [0.1, 0.15) is 0 Å². The molecule has 0 aromatic rings. The van der Waals surface area contributed by atoms with Gasteiger partial charge in [-0.1, -0.05) is 0 Å². The lowest BCUT2D eigenvalue weighted by atomic mass is 9.77. The minimum atomic E-state index is 0.189. The molecule has 0 aromatic carbocycles. The van der Waals surface area contributed by atoms with Crippen molar-refractivity contribution in [2.75, 3.05) is 26.8 Å². The minimum Gasteiger partial charge on any atom is -0.376 e. The van der Waals surface area contributed by atoms with Gasteiger partial charge in [0.15, 0.2) is 0 Å². The highest BCUT2D eigenvalue weighted by atomic mass is 16.5. The van der Waals surface area contributed by atoms with Gasteiger partial charge in [-0.2, -0.15) is 0 Å². The van der Waals surface area contributed by atoms with E-state index in [-0.39, 0.29) is 5.60 Å². The SMILES string of the molecule is CNCCC1(OCC2CCCO2)CCC1. The summed E-state index contributed by atoms with van der Waals surface area (Å²) in [5.41, 5.74) is 0.189. The lowest BCUT2D eigenvalue weighted by molar-refractivity contribution is -0.129. The first kappa shape index (κ1) is 11.4. The monoisotopic (exact) mass is 213 g/mol. The molecule has 1 atom stereocenters. The van der Waals surface area contributed by atoms with Gasteiger partial charge < -0.3 is 14.8 Å². The van der Waals surface area contributed by atoms with E-state index in [1.165, 1.54) is 32.1 Å². The fourth-order valence-corrected chi connectivity index (χ4v) is 2.44. The first-order valence-corrected chi connectivity index (χ1v) is 6.25. The lowest BCUT2D eigenvalue weighted by Crippen LogP contribution is -2.43. The second-order valence-corrected chi connectivity index (χ2v) is 4.84. The summed E-state index contributed by atoms with van der Waals surface area (Å²) in [4.78, 5) is 0. The molecule has 0 amide bonds. The molecule has 2 rings (SSSR count). The second kappa shape index (κ2) is 5.28. The third kappa shape index (κ3) is 2.92. The Labute approximate surface area is 92.5 Å². The Bertz CT molecular complexity index is 186. The molecule has 1 aliphatic carbocycles. The average molecular weight is 213 g/mol. The second-order valence-electron chi connectivity index (χ2n) is 4.84. The fraction of sp³-hybridized carbons (Fsp3) is 1.00. The maximum Gasteiger partial charge on any atom is 0.0809 e. The van der Waals surface area contributed by atoms with Crippen molar-refractivity contribution >= 4 is 0 Å². The molecule has 0 spiro atoms. The largest absolute Gasteiger partial charge is 0.376 e. The summed E-state index contributed by atoms with van der Waals surface area (Å²) >= 11 is 0. The van der Waals surface area contributed by atoms with Crippen molar-refractivity contribution in [3.63, 3.8) is 0 Å².